The Morgan fingerprint density at radius 1 is 0.620 bits per heavy atom. The number of carbonyl (C=O) groups is 7. The summed E-state index contributed by atoms with van der Waals surface area (Å²) < 4.78 is 93.2. The Morgan fingerprint density at radius 2 is 1.06 bits per heavy atom. The number of carboxylic acid groups (broad SMARTS) is 1. The van der Waals surface area contributed by atoms with E-state index in [1.807, 2.05) is 85.7 Å². The fraction of sp³-hybridized carbons (Fsp3) is 0.720. The largest absolute Gasteiger partial charge is 0.497 e. The first kappa shape index (κ1) is 78.7. The Labute approximate surface area is 633 Å². The predicted octanol–water partition coefficient (Wildman–Crippen LogP) is 12.8. The number of aromatic nitrogens is 4. The molecular formula is C82H111F2N7O16S. The Morgan fingerprint density at radius 3 is 1.47 bits per heavy atom. The lowest BCUT2D eigenvalue weighted by atomic mass is 9.77. The zero-order valence-electron chi connectivity index (χ0n) is 64.7. The first-order chi connectivity index (χ1) is 51.3. The van der Waals surface area contributed by atoms with Gasteiger partial charge in [-0.2, -0.15) is 0 Å². The maximum Gasteiger partial charge on any atom is 0.326 e. The number of nitrogens with one attached hydrogen (secondary N) is 1. The number of alkyl halides is 2. The summed E-state index contributed by atoms with van der Waals surface area (Å²) in [5, 5.41) is 10.5. The summed E-state index contributed by atoms with van der Waals surface area (Å²) in [4.78, 5) is 121. The predicted molar refractivity (Wildman–Crippen MR) is 396 cm³/mol. The zero-order chi connectivity index (χ0) is 77.3. The van der Waals surface area contributed by atoms with Crippen molar-refractivity contribution in [2.24, 2.45) is 81.3 Å². The summed E-state index contributed by atoms with van der Waals surface area (Å²) in [6.07, 6.45) is 10.6. The van der Waals surface area contributed by atoms with Crippen LogP contribution in [0.25, 0.3) is 22.1 Å². The maximum absolute atomic E-state index is 15.2. The highest BCUT2D eigenvalue weighted by Gasteiger charge is 2.68. The number of carbonyl (C=O) groups excluding carboxylic acids is 6. The van der Waals surface area contributed by atoms with Crippen molar-refractivity contribution in [1.82, 2.24) is 34.5 Å². The summed E-state index contributed by atoms with van der Waals surface area (Å²) in [7, 11) is -1.04. The smallest absolute Gasteiger partial charge is 0.326 e. The lowest BCUT2D eigenvalue weighted by Gasteiger charge is -2.36. The topological polar surface area (TPSA) is 299 Å². The second kappa shape index (κ2) is 31.1. The molecule has 3 amide bonds. The van der Waals surface area contributed by atoms with E-state index in [0.717, 1.165) is 94.7 Å². The molecule has 590 valence electrons. The molecule has 10 aliphatic rings. The van der Waals surface area contributed by atoms with Gasteiger partial charge in [-0.25, -0.2) is 41.9 Å². The molecule has 108 heavy (non-hydrogen) atoms. The molecule has 0 unspecified atom stereocenters. The fourth-order valence-corrected chi connectivity index (χ4v) is 21.3. The average Bonchev–Trinajstić information content (AvgIpc) is 1.56. The van der Waals surface area contributed by atoms with Gasteiger partial charge < -0.3 is 43.3 Å². The van der Waals surface area contributed by atoms with Gasteiger partial charge in [-0.1, -0.05) is 81.1 Å². The summed E-state index contributed by atoms with van der Waals surface area (Å²) in [6, 6.07) is 8.65. The third-order valence-corrected chi connectivity index (χ3v) is 28.9. The molecule has 8 fully saturated rings. The van der Waals surface area contributed by atoms with E-state index in [-0.39, 0.29) is 74.2 Å². The van der Waals surface area contributed by atoms with E-state index in [2.05, 4.69) is 4.72 Å². The Bertz CT molecular complexity index is 4200. The summed E-state index contributed by atoms with van der Waals surface area (Å²) in [5.74, 6) is -4.67. The second-order valence-corrected chi connectivity index (χ2v) is 37.7. The van der Waals surface area contributed by atoms with E-state index in [1.165, 1.54) is 23.1 Å². The number of carboxylic acids is 1. The molecule has 2 saturated heterocycles. The van der Waals surface area contributed by atoms with E-state index in [0.29, 0.717) is 102 Å². The number of benzene rings is 2. The van der Waals surface area contributed by atoms with Crippen molar-refractivity contribution in [3.05, 3.63) is 47.8 Å². The van der Waals surface area contributed by atoms with E-state index in [4.69, 9.17) is 48.4 Å². The zero-order valence-corrected chi connectivity index (χ0v) is 65.5. The second-order valence-electron chi connectivity index (χ2n) is 35.5. The van der Waals surface area contributed by atoms with Crippen molar-refractivity contribution < 1.29 is 84.3 Å². The molecule has 2 N–H and O–H groups in total. The molecule has 6 aliphatic carbocycles. The van der Waals surface area contributed by atoms with E-state index >= 15 is 4.79 Å². The van der Waals surface area contributed by atoms with Crippen LogP contribution in [0.15, 0.2) is 36.4 Å². The van der Waals surface area contributed by atoms with Gasteiger partial charge in [-0.15, -0.1) is 0 Å². The average molecular weight is 1520 g/mol. The fourth-order valence-electron chi connectivity index (χ4n) is 20.0. The SMILES string of the molecule is CC[C@@H]1[C@@H]2CN(C(=O)[C@H](C(C)(C)C)CC(=O)O[C@@H]3[C@H]4CC[C@H](C4)[C@H]3CCCCCc3nc4ccc(OC)cc4nc3O2)[C@@H]1C(=O)C[C@]1(C(=O)NS(=O)(=O)C2(C)CC2)C[C@H]1C(F)F.CC[C@@H]1[C@@H]2CN(C(=O)[C@H](C(C)(C)C)CC(=O)O[C@@H]3[C@H]4CC[C@H](C4)[C@H]3CCCCCc3nc4ccc(OC)cc4nc3O2)[C@@H]1C(=O)O. The molecule has 14 rings (SSSR count). The number of halogens is 2. The Kier molecular flexibility index (Phi) is 22.6. The lowest BCUT2D eigenvalue weighted by molar-refractivity contribution is -0.162. The summed E-state index contributed by atoms with van der Waals surface area (Å²) >= 11 is 0. The molecule has 6 saturated carbocycles. The van der Waals surface area contributed by atoms with E-state index in [9.17, 15) is 51.1 Å². The van der Waals surface area contributed by atoms with Crippen LogP contribution in [0.3, 0.4) is 0 Å². The van der Waals surface area contributed by atoms with E-state index < -0.39 is 127 Å². The van der Waals surface area contributed by atoms with Crippen LogP contribution < -0.4 is 23.7 Å². The number of hydrogen-bond donors (Lipinski definition) is 2. The van der Waals surface area contributed by atoms with Gasteiger partial charge in [-0.3, -0.25) is 33.5 Å². The van der Waals surface area contributed by atoms with Crippen molar-refractivity contribution >= 4 is 73.5 Å². The molecule has 0 spiro atoms. The number of ketones is 1. The minimum atomic E-state index is -4.20. The molecule has 4 aromatic rings. The monoisotopic (exact) mass is 1520 g/mol. The highest BCUT2D eigenvalue weighted by Crippen LogP contribution is 2.60. The van der Waals surface area contributed by atoms with Crippen molar-refractivity contribution in [2.75, 3.05) is 27.3 Å². The van der Waals surface area contributed by atoms with Gasteiger partial charge in [0.1, 0.15) is 53.3 Å². The van der Waals surface area contributed by atoms with Crippen molar-refractivity contribution in [1.29, 1.82) is 0 Å². The van der Waals surface area contributed by atoms with Crippen molar-refractivity contribution in [3.63, 3.8) is 0 Å². The number of aryl methyl sites for hydroxylation is 2. The van der Waals surface area contributed by atoms with Crippen molar-refractivity contribution in [2.45, 2.75) is 264 Å². The number of nitrogens with zero attached hydrogens (tertiary/aromatic N) is 6. The van der Waals surface area contributed by atoms with Crippen LogP contribution in [0.2, 0.25) is 0 Å². The van der Waals surface area contributed by atoms with Gasteiger partial charge in [0.05, 0.1) is 90.3 Å². The van der Waals surface area contributed by atoms with Crippen LogP contribution in [0.4, 0.5) is 8.78 Å². The standard InChI is InChI=1S/C46H62F2N4O9S.C36H49N3O7/c1-7-28-36-24-52(38(28)35(53)23-46(22-31(46)40(47)48)43(56)51-62(57,58)45(5)17-18-45)42(55)30(44(2,3)4)21-37(54)61-39-26-14-13-25(19-26)29(39)11-9-8-10-12-33-41(60-36)50-34-20-27(59-6)15-16-32(34)49-33;1-6-23-29-19-39(31(23)35(42)43)34(41)25(36(2,3)4)18-30(40)46-32-21-13-12-20(16-21)24(32)10-8-7-9-11-27-33(45-29)38-28-17-22(44-5)14-15-26(28)37-27/h15-16,20,25-26,28-31,36,38-40H,7-14,17-19,21-24H2,1-6H3,(H,51,56);14-15,17,20-21,23-25,29,31-32H,6-13,16,18-19H2,1-5H3,(H,42,43)/t25-,26+,28-,29-,30-,31+,36+,38+,39-,46-;20-,21+,23-,24-,25-,29+,31+,32-/m11/s1. The minimum absolute atomic E-state index is 0.0732. The van der Waals surface area contributed by atoms with Gasteiger partial charge >= 0.3 is 17.9 Å². The third-order valence-electron chi connectivity index (χ3n) is 26.7. The number of amides is 3. The van der Waals surface area contributed by atoms with Gasteiger partial charge in [0.2, 0.25) is 45.9 Å². The molecular weight excluding hydrogens is 1410 g/mol. The van der Waals surface area contributed by atoms with Crippen LogP contribution in [-0.4, -0.2) is 160 Å². The number of aliphatic carboxylic acids is 1. The van der Waals surface area contributed by atoms with Crippen LogP contribution in [-0.2, 0) is 65.9 Å². The molecule has 2 aromatic carbocycles. The molecule has 0 radical (unpaired) electrons. The van der Waals surface area contributed by atoms with Crippen LogP contribution in [0, 0.1) is 81.3 Å². The first-order valence-corrected chi connectivity index (χ1v) is 41.4. The first-order valence-electron chi connectivity index (χ1n) is 39.9. The number of Topliss-reactive ketones (excluding diaryl/α,β-unsaturated/α-hetero) is 1. The number of methoxy groups -OCH3 is 2. The Balaban J connectivity index is 0.000000199. The molecule has 4 aliphatic heterocycles. The number of sulfonamides is 1. The third kappa shape index (κ3) is 15.8. The lowest BCUT2D eigenvalue weighted by Crippen LogP contribution is -2.50. The van der Waals surface area contributed by atoms with Gasteiger partial charge in [0, 0.05) is 36.3 Å². The number of rotatable bonds is 12. The molecule has 8 bridgehead atoms. The van der Waals surface area contributed by atoms with E-state index in [1.54, 1.807) is 20.3 Å². The number of esters is 2. The highest BCUT2D eigenvalue weighted by molar-refractivity contribution is 7.91. The number of fused-ring (bicyclic) bond motifs is 18. The van der Waals surface area contributed by atoms with Gasteiger partial charge in [0.25, 0.3) is 0 Å². The summed E-state index contributed by atoms with van der Waals surface area (Å²) in [5.41, 5.74) is 0.562. The molecule has 18 atom stereocenters. The minimum Gasteiger partial charge on any atom is -0.497 e. The van der Waals surface area contributed by atoms with Gasteiger partial charge in [0.15, 0.2) is 5.78 Å². The Hall–Kier alpha value is -7.38. The molecule has 2 aromatic heterocycles. The van der Waals surface area contributed by atoms with Crippen LogP contribution in [0.1, 0.15) is 215 Å². The maximum atomic E-state index is 15.2. The highest BCUT2D eigenvalue weighted by atomic mass is 32.2. The molecule has 23 nitrogen and oxygen atoms in total. The number of hydrogen-bond acceptors (Lipinski definition) is 19. The van der Waals surface area contributed by atoms with Crippen molar-refractivity contribution in [3.8, 4) is 23.3 Å². The molecule has 26 heteroatoms. The van der Waals surface area contributed by atoms with Crippen LogP contribution >= 0.6 is 0 Å². The van der Waals surface area contributed by atoms with Crippen LogP contribution in [0.5, 0.6) is 23.3 Å². The molecule has 6 heterocycles. The quantitative estimate of drug-likeness (QED) is 0.125. The van der Waals surface area contributed by atoms with Gasteiger partial charge in [-0.05, 0) is 187 Å². The number of ether oxygens (including phenoxy) is 6. The summed E-state index contributed by atoms with van der Waals surface area (Å²) in [6.45, 7) is 16.6. The normalized spacial score (nSPS) is 33.0.